The molecular weight excluding hydrogens is 485 g/mol. The fourth-order valence-corrected chi connectivity index (χ4v) is 3.44. The summed E-state index contributed by atoms with van der Waals surface area (Å²) in [4.78, 5) is 11.6. The molecule has 0 radical (unpaired) electrons. The number of hydrogen-bond donors (Lipinski definition) is 2. The second kappa shape index (κ2) is 12.1. The Morgan fingerprint density at radius 3 is 2.71 bits per heavy atom. The van der Waals surface area contributed by atoms with Crippen molar-refractivity contribution in [3.63, 3.8) is 0 Å². The van der Waals surface area contributed by atoms with Crippen molar-refractivity contribution in [3.8, 4) is 0 Å². The number of nitrogens with one attached hydrogen (secondary N) is 2. The molecule has 0 saturated carbocycles. The van der Waals surface area contributed by atoms with E-state index in [4.69, 9.17) is 16.6 Å². The van der Waals surface area contributed by atoms with E-state index in [0.29, 0.717) is 6.54 Å². The molecule has 0 spiro atoms. The van der Waals surface area contributed by atoms with Crippen LogP contribution in [0, 0.1) is 0 Å². The topological polar surface area (TPSA) is 52.6 Å². The van der Waals surface area contributed by atoms with Crippen LogP contribution in [-0.4, -0.2) is 37.1 Å². The lowest BCUT2D eigenvalue weighted by Crippen LogP contribution is -2.38. The Balaban J connectivity index is 0.00000280. The third-order valence-corrected chi connectivity index (χ3v) is 5.02. The van der Waals surface area contributed by atoms with Crippen molar-refractivity contribution in [1.29, 1.82) is 0 Å². The van der Waals surface area contributed by atoms with Gasteiger partial charge in [0.25, 0.3) is 0 Å². The number of halogens is 2. The Morgan fingerprint density at radius 1 is 1.18 bits per heavy atom. The molecule has 2 aromatic rings. The number of aliphatic imine (C=N–C) groups is 1. The van der Waals surface area contributed by atoms with E-state index >= 15 is 0 Å². The molecule has 0 bridgehead atoms. The average Bonchev–Trinajstić information content (AvgIpc) is 3.23. The van der Waals surface area contributed by atoms with Gasteiger partial charge in [-0.3, -0.25) is 0 Å². The summed E-state index contributed by atoms with van der Waals surface area (Å²) in [6, 6.07) is 12.2. The number of anilines is 1. The highest BCUT2D eigenvalue weighted by Gasteiger charge is 2.13. The Kier molecular flexibility index (Phi) is 9.84. The molecule has 1 aliphatic heterocycles. The molecule has 3 rings (SSSR count). The third kappa shape index (κ3) is 6.81. The van der Waals surface area contributed by atoms with Crippen molar-refractivity contribution in [3.05, 3.63) is 58.7 Å². The van der Waals surface area contributed by atoms with Gasteiger partial charge in [-0.1, -0.05) is 29.8 Å². The van der Waals surface area contributed by atoms with Crippen molar-refractivity contribution < 1.29 is 0 Å². The lowest BCUT2D eigenvalue weighted by Gasteiger charge is -2.16. The van der Waals surface area contributed by atoms with Gasteiger partial charge in [0, 0.05) is 37.4 Å². The number of guanidine groups is 1. The molecule has 1 aromatic heterocycles. The minimum Gasteiger partial charge on any atom is -0.357 e. The molecule has 28 heavy (non-hydrogen) atoms. The summed E-state index contributed by atoms with van der Waals surface area (Å²) in [7, 11) is 0. The van der Waals surface area contributed by atoms with Gasteiger partial charge in [0.15, 0.2) is 5.96 Å². The lowest BCUT2D eigenvalue weighted by molar-refractivity contribution is 0.799. The molecule has 1 aromatic carbocycles. The maximum Gasteiger partial charge on any atom is 0.191 e. The van der Waals surface area contributed by atoms with Gasteiger partial charge in [-0.15, -0.1) is 24.0 Å². The molecule has 0 aliphatic carbocycles. The van der Waals surface area contributed by atoms with Gasteiger partial charge in [-0.25, -0.2) is 9.98 Å². The standard InChI is InChI=1S/C21H28ClN5.HI/c1-2-23-21(25-12-10-18-7-3-4-8-19(18)22)26-16-17-9-11-24-20(15-17)27-13-5-6-14-27;/h3-4,7-9,11,15H,2,5-6,10,12-14,16H2,1H3,(H2,23,25,26);1H. The van der Waals surface area contributed by atoms with Gasteiger partial charge in [0.05, 0.1) is 6.54 Å². The van der Waals surface area contributed by atoms with E-state index < -0.39 is 0 Å². The van der Waals surface area contributed by atoms with Gasteiger partial charge in [-0.2, -0.15) is 0 Å². The van der Waals surface area contributed by atoms with E-state index in [9.17, 15) is 0 Å². The maximum atomic E-state index is 6.23. The summed E-state index contributed by atoms with van der Waals surface area (Å²) in [5.41, 5.74) is 2.32. The Bertz CT molecular complexity index is 762. The molecule has 0 amide bonds. The van der Waals surface area contributed by atoms with Gasteiger partial charge in [0.2, 0.25) is 0 Å². The van der Waals surface area contributed by atoms with Crippen LogP contribution in [0.25, 0.3) is 0 Å². The van der Waals surface area contributed by atoms with Crippen LogP contribution >= 0.6 is 35.6 Å². The first-order chi connectivity index (χ1) is 13.3. The fraction of sp³-hybridized carbons (Fsp3) is 0.429. The van der Waals surface area contributed by atoms with Crippen molar-refractivity contribution in [2.24, 2.45) is 4.99 Å². The highest BCUT2D eigenvalue weighted by Crippen LogP contribution is 2.19. The van der Waals surface area contributed by atoms with Crippen molar-refractivity contribution in [2.75, 3.05) is 31.1 Å². The zero-order chi connectivity index (χ0) is 18.9. The summed E-state index contributed by atoms with van der Waals surface area (Å²) in [6.07, 6.45) is 5.25. The Morgan fingerprint density at radius 2 is 1.96 bits per heavy atom. The SMILES string of the molecule is CCNC(=NCc1ccnc(N2CCCC2)c1)NCCc1ccccc1Cl.I. The fourth-order valence-electron chi connectivity index (χ4n) is 3.21. The van der Waals surface area contributed by atoms with Crippen LogP contribution in [0.4, 0.5) is 5.82 Å². The van der Waals surface area contributed by atoms with Crippen LogP contribution in [-0.2, 0) is 13.0 Å². The molecule has 1 fully saturated rings. The number of rotatable bonds is 7. The van der Waals surface area contributed by atoms with E-state index in [1.807, 2.05) is 30.5 Å². The zero-order valence-corrected chi connectivity index (χ0v) is 19.4. The van der Waals surface area contributed by atoms with E-state index in [-0.39, 0.29) is 24.0 Å². The highest BCUT2D eigenvalue weighted by atomic mass is 127. The maximum absolute atomic E-state index is 6.23. The molecule has 152 valence electrons. The first kappa shape index (κ1) is 22.7. The smallest absolute Gasteiger partial charge is 0.191 e. The molecule has 2 N–H and O–H groups in total. The monoisotopic (exact) mass is 513 g/mol. The lowest BCUT2D eigenvalue weighted by atomic mass is 10.1. The van der Waals surface area contributed by atoms with Crippen LogP contribution in [0.5, 0.6) is 0 Å². The first-order valence-corrected chi connectivity index (χ1v) is 10.1. The van der Waals surface area contributed by atoms with Gasteiger partial charge < -0.3 is 15.5 Å². The predicted octanol–water partition coefficient (Wildman–Crippen LogP) is 4.25. The van der Waals surface area contributed by atoms with Gasteiger partial charge in [0.1, 0.15) is 5.82 Å². The molecule has 1 saturated heterocycles. The van der Waals surface area contributed by atoms with Gasteiger partial charge in [-0.05, 0) is 55.5 Å². The summed E-state index contributed by atoms with van der Waals surface area (Å²) in [5, 5.41) is 7.51. The first-order valence-electron chi connectivity index (χ1n) is 9.71. The minimum absolute atomic E-state index is 0. The quantitative estimate of drug-likeness (QED) is 0.330. The van der Waals surface area contributed by atoms with Crippen molar-refractivity contribution in [1.82, 2.24) is 15.6 Å². The molecule has 2 heterocycles. The molecule has 7 heteroatoms. The third-order valence-electron chi connectivity index (χ3n) is 4.65. The molecule has 1 aliphatic rings. The normalized spacial score (nSPS) is 13.9. The van der Waals surface area contributed by atoms with Crippen LogP contribution < -0.4 is 15.5 Å². The number of benzene rings is 1. The Labute approximate surface area is 190 Å². The average molecular weight is 514 g/mol. The van der Waals surface area contributed by atoms with Crippen LogP contribution in [0.2, 0.25) is 5.02 Å². The summed E-state index contributed by atoms with van der Waals surface area (Å²) in [5.74, 6) is 1.89. The summed E-state index contributed by atoms with van der Waals surface area (Å²) >= 11 is 6.23. The predicted molar refractivity (Wildman–Crippen MR) is 129 cm³/mol. The summed E-state index contributed by atoms with van der Waals surface area (Å²) in [6.45, 7) is 6.52. The number of aromatic nitrogens is 1. The number of nitrogens with zero attached hydrogens (tertiary/aromatic N) is 3. The van der Waals surface area contributed by atoms with Gasteiger partial charge >= 0.3 is 0 Å². The summed E-state index contributed by atoms with van der Waals surface area (Å²) < 4.78 is 0. The van der Waals surface area contributed by atoms with Crippen LogP contribution in [0.1, 0.15) is 30.9 Å². The largest absolute Gasteiger partial charge is 0.357 e. The highest BCUT2D eigenvalue weighted by molar-refractivity contribution is 14.0. The van der Waals surface area contributed by atoms with E-state index in [1.54, 1.807) is 0 Å². The van der Waals surface area contributed by atoms with E-state index in [2.05, 4.69) is 39.6 Å². The van der Waals surface area contributed by atoms with Crippen molar-refractivity contribution in [2.45, 2.75) is 32.7 Å². The second-order valence-electron chi connectivity index (χ2n) is 6.68. The van der Waals surface area contributed by atoms with Crippen LogP contribution in [0.15, 0.2) is 47.6 Å². The van der Waals surface area contributed by atoms with E-state index in [1.165, 1.54) is 18.4 Å². The molecule has 5 nitrogen and oxygen atoms in total. The zero-order valence-electron chi connectivity index (χ0n) is 16.3. The number of pyridine rings is 1. The van der Waals surface area contributed by atoms with Crippen molar-refractivity contribution >= 4 is 47.4 Å². The minimum atomic E-state index is 0. The number of hydrogen-bond acceptors (Lipinski definition) is 3. The molecule has 0 atom stereocenters. The van der Waals surface area contributed by atoms with Crippen LogP contribution in [0.3, 0.4) is 0 Å². The van der Waals surface area contributed by atoms with E-state index in [0.717, 1.165) is 55.0 Å². The molecule has 0 unspecified atom stereocenters. The Hall–Kier alpha value is -1.54. The second-order valence-corrected chi connectivity index (χ2v) is 7.09. The molecular formula is C21H29ClIN5.